The second-order valence-electron chi connectivity index (χ2n) is 5.38. The molecule has 0 aliphatic carbocycles. The van der Waals surface area contributed by atoms with E-state index >= 15 is 0 Å². The summed E-state index contributed by atoms with van der Waals surface area (Å²) in [7, 11) is 1.57. The van der Waals surface area contributed by atoms with E-state index in [0.717, 1.165) is 9.92 Å². The summed E-state index contributed by atoms with van der Waals surface area (Å²) < 4.78 is 5.25. The number of hydrogen-bond acceptors (Lipinski definition) is 4. The molecule has 0 unspecified atom stereocenters. The normalized spacial score (nSPS) is 11.4. The molecule has 1 aromatic carbocycles. The molecular weight excluding hydrogens is 292 g/mol. The summed E-state index contributed by atoms with van der Waals surface area (Å²) in [5.41, 5.74) is 1.45. The maximum atomic E-state index is 5.99. The molecule has 3 nitrogen and oxygen atoms in total. The lowest BCUT2D eigenvalue weighted by molar-refractivity contribution is 0.398. The first-order valence-corrected chi connectivity index (χ1v) is 7.44. The van der Waals surface area contributed by atoms with E-state index in [0.29, 0.717) is 10.9 Å². The third-order valence-corrected chi connectivity index (χ3v) is 4.13. The zero-order chi connectivity index (χ0) is 14.8. The number of halogens is 1. The smallest absolute Gasteiger partial charge is 0.188 e. The molecule has 0 aliphatic rings. The quantitative estimate of drug-likeness (QED) is 0.777. The molecule has 0 radical (unpaired) electrons. The lowest BCUT2D eigenvalue weighted by atomic mass is 9.87. The van der Waals surface area contributed by atoms with E-state index in [4.69, 9.17) is 16.3 Å². The van der Waals surface area contributed by atoms with Crippen LogP contribution in [0.5, 0.6) is 5.75 Å². The summed E-state index contributed by atoms with van der Waals surface area (Å²) in [6.45, 7) is 6.59. The number of methoxy groups -OCH3 is 1. The number of hydrogen-bond donors (Lipinski definition) is 0. The summed E-state index contributed by atoms with van der Waals surface area (Å²) in [5.74, 6) is 0.513. The van der Waals surface area contributed by atoms with Crippen molar-refractivity contribution < 1.29 is 4.74 Å². The van der Waals surface area contributed by atoms with E-state index in [2.05, 4.69) is 55.0 Å². The van der Waals surface area contributed by atoms with Gasteiger partial charge in [0, 0.05) is 4.90 Å². The van der Waals surface area contributed by atoms with Crippen LogP contribution in [0, 0.1) is 0 Å². The first-order chi connectivity index (χ1) is 9.41. The zero-order valence-corrected chi connectivity index (χ0v) is 13.5. The van der Waals surface area contributed by atoms with E-state index in [1.165, 1.54) is 23.7 Å². The highest BCUT2D eigenvalue weighted by molar-refractivity contribution is 7.99. The Bertz CT molecular complexity index is 594. The van der Waals surface area contributed by atoms with Crippen molar-refractivity contribution in [3.8, 4) is 5.75 Å². The Kier molecular flexibility index (Phi) is 4.55. The first-order valence-electron chi connectivity index (χ1n) is 6.24. The van der Waals surface area contributed by atoms with Crippen LogP contribution in [0.15, 0.2) is 40.5 Å². The predicted octanol–water partition coefficient (Wildman–Crippen LogP) is 4.59. The van der Waals surface area contributed by atoms with Crippen LogP contribution >= 0.6 is 23.4 Å². The van der Waals surface area contributed by atoms with Crippen molar-refractivity contribution in [2.45, 2.75) is 36.1 Å². The molecule has 0 saturated heterocycles. The van der Waals surface area contributed by atoms with E-state index < -0.39 is 0 Å². The third-order valence-electron chi connectivity index (χ3n) is 2.87. The van der Waals surface area contributed by atoms with Crippen LogP contribution in [0.25, 0.3) is 0 Å². The monoisotopic (exact) mass is 308 g/mol. The van der Waals surface area contributed by atoms with Gasteiger partial charge in [-0.3, -0.25) is 0 Å². The standard InChI is InChI=1S/C15H17ClN2OS/c1-15(2,3)10-5-7-11(8-6-10)20-14-12(19-4)13(16)17-9-18-14/h5-9H,1-4H3. The minimum atomic E-state index is 0.152. The molecular formula is C15H17ClN2OS. The van der Waals surface area contributed by atoms with Crippen LogP contribution in [-0.4, -0.2) is 17.1 Å². The van der Waals surface area contributed by atoms with E-state index in [1.807, 2.05) is 0 Å². The lowest BCUT2D eigenvalue weighted by Crippen LogP contribution is -2.10. The molecule has 0 spiro atoms. The number of ether oxygens (including phenoxy) is 1. The Morgan fingerprint density at radius 3 is 2.30 bits per heavy atom. The van der Waals surface area contributed by atoms with Crippen molar-refractivity contribution in [2.75, 3.05) is 7.11 Å². The molecule has 0 bridgehead atoms. The second kappa shape index (κ2) is 6.02. The van der Waals surface area contributed by atoms with Gasteiger partial charge in [0.05, 0.1) is 7.11 Å². The fourth-order valence-electron chi connectivity index (χ4n) is 1.72. The molecule has 0 atom stereocenters. The van der Waals surface area contributed by atoms with Gasteiger partial charge in [-0.05, 0) is 23.1 Å². The minimum absolute atomic E-state index is 0.152. The minimum Gasteiger partial charge on any atom is -0.491 e. The molecule has 106 valence electrons. The molecule has 0 N–H and O–H groups in total. The fourth-order valence-corrected chi connectivity index (χ4v) is 2.85. The van der Waals surface area contributed by atoms with Crippen LogP contribution in [0.4, 0.5) is 0 Å². The zero-order valence-electron chi connectivity index (χ0n) is 12.0. The van der Waals surface area contributed by atoms with Crippen LogP contribution in [-0.2, 0) is 5.41 Å². The van der Waals surface area contributed by atoms with Crippen molar-refractivity contribution >= 4 is 23.4 Å². The van der Waals surface area contributed by atoms with Gasteiger partial charge in [0.2, 0.25) is 0 Å². The average Bonchev–Trinajstić information content (AvgIpc) is 2.38. The highest BCUT2D eigenvalue weighted by Gasteiger charge is 2.15. The van der Waals surface area contributed by atoms with Gasteiger partial charge in [0.15, 0.2) is 10.9 Å². The molecule has 2 aromatic rings. The van der Waals surface area contributed by atoms with E-state index in [9.17, 15) is 0 Å². The van der Waals surface area contributed by atoms with Gasteiger partial charge >= 0.3 is 0 Å². The lowest BCUT2D eigenvalue weighted by Gasteiger charge is -2.19. The maximum absolute atomic E-state index is 5.99. The summed E-state index contributed by atoms with van der Waals surface area (Å²) in [5, 5.41) is 1.05. The molecule has 0 fully saturated rings. The maximum Gasteiger partial charge on any atom is 0.188 e. The van der Waals surface area contributed by atoms with Gasteiger partial charge in [-0.2, -0.15) is 0 Å². The molecule has 0 aliphatic heterocycles. The molecule has 20 heavy (non-hydrogen) atoms. The van der Waals surface area contributed by atoms with E-state index in [1.54, 1.807) is 7.11 Å². The summed E-state index contributed by atoms with van der Waals surface area (Å²) in [6, 6.07) is 8.44. The van der Waals surface area contributed by atoms with Crippen LogP contribution in [0.3, 0.4) is 0 Å². The number of nitrogens with zero attached hydrogens (tertiary/aromatic N) is 2. The van der Waals surface area contributed by atoms with Crippen molar-refractivity contribution in [1.82, 2.24) is 9.97 Å². The molecule has 1 heterocycles. The Morgan fingerprint density at radius 1 is 1.10 bits per heavy atom. The predicted molar refractivity (Wildman–Crippen MR) is 82.9 cm³/mol. The number of aromatic nitrogens is 2. The Morgan fingerprint density at radius 2 is 1.75 bits per heavy atom. The summed E-state index contributed by atoms with van der Waals surface area (Å²) >= 11 is 7.50. The first kappa shape index (κ1) is 15.1. The van der Waals surface area contributed by atoms with Gasteiger partial charge < -0.3 is 4.74 Å². The third kappa shape index (κ3) is 3.44. The highest BCUT2D eigenvalue weighted by Crippen LogP contribution is 2.36. The van der Waals surface area contributed by atoms with Crippen molar-refractivity contribution in [1.29, 1.82) is 0 Å². The molecule has 1 aromatic heterocycles. The second-order valence-corrected chi connectivity index (χ2v) is 6.80. The van der Waals surface area contributed by atoms with Crippen LogP contribution < -0.4 is 4.74 Å². The van der Waals surface area contributed by atoms with Gasteiger partial charge in [-0.1, -0.05) is 56.3 Å². The Labute approximate surface area is 128 Å². The SMILES string of the molecule is COc1c(Cl)ncnc1Sc1ccc(C(C)(C)C)cc1. The molecule has 0 saturated carbocycles. The largest absolute Gasteiger partial charge is 0.491 e. The van der Waals surface area contributed by atoms with Crippen LogP contribution in [0.2, 0.25) is 5.15 Å². The molecule has 2 rings (SSSR count). The van der Waals surface area contributed by atoms with Gasteiger partial charge in [-0.25, -0.2) is 9.97 Å². The average molecular weight is 309 g/mol. The van der Waals surface area contributed by atoms with Crippen molar-refractivity contribution in [3.05, 3.63) is 41.3 Å². The number of benzene rings is 1. The Hall–Kier alpha value is -1.26. The molecule has 0 amide bonds. The number of rotatable bonds is 3. The van der Waals surface area contributed by atoms with Gasteiger partial charge in [0.25, 0.3) is 0 Å². The van der Waals surface area contributed by atoms with Crippen molar-refractivity contribution in [2.24, 2.45) is 0 Å². The van der Waals surface area contributed by atoms with E-state index in [-0.39, 0.29) is 5.41 Å². The molecule has 5 heteroatoms. The highest BCUT2D eigenvalue weighted by atomic mass is 35.5. The summed E-state index contributed by atoms with van der Waals surface area (Å²) in [6.07, 6.45) is 1.44. The van der Waals surface area contributed by atoms with Gasteiger partial charge in [-0.15, -0.1) is 0 Å². The van der Waals surface area contributed by atoms with Gasteiger partial charge in [0.1, 0.15) is 11.4 Å². The Balaban J connectivity index is 2.25. The topological polar surface area (TPSA) is 35.0 Å². The van der Waals surface area contributed by atoms with Crippen LogP contribution in [0.1, 0.15) is 26.3 Å². The van der Waals surface area contributed by atoms with Crippen molar-refractivity contribution in [3.63, 3.8) is 0 Å². The fraction of sp³-hybridized carbons (Fsp3) is 0.333. The summed E-state index contributed by atoms with van der Waals surface area (Å²) in [4.78, 5) is 9.22.